The van der Waals surface area contributed by atoms with Crippen LogP contribution in [0.5, 0.6) is 5.75 Å². The number of ether oxygens (including phenoxy) is 2. The fraction of sp³-hybridized carbons (Fsp3) is 0.308. The Labute approximate surface area is 115 Å². The fourth-order valence-electron chi connectivity index (χ4n) is 1.84. The van der Waals surface area contributed by atoms with E-state index in [1.807, 2.05) is 18.4 Å². The maximum absolute atomic E-state index is 11.7. The van der Waals surface area contributed by atoms with E-state index in [1.54, 1.807) is 20.1 Å². The summed E-state index contributed by atoms with van der Waals surface area (Å²) < 4.78 is 13.4. The molecule has 0 saturated carbocycles. The maximum Gasteiger partial charge on any atom is 0.354 e. The van der Waals surface area contributed by atoms with Crippen LogP contribution in [0, 0.1) is 0 Å². The topological polar surface area (TPSA) is 63.4 Å². The number of nitrogens with one attached hydrogen (secondary N) is 2. The molecular formula is C13H16N2O3S. The van der Waals surface area contributed by atoms with E-state index in [1.165, 1.54) is 11.9 Å². The van der Waals surface area contributed by atoms with Crippen molar-refractivity contribution in [3.05, 3.63) is 23.9 Å². The van der Waals surface area contributed by atoms with E-state index in [0.717, 1.165) is 22.3 Å². The molecule has 1 heterocycles. The quantitative estimate of drug-likeness (QED) is 0.651. The fourth-order valence-corrected chi connectivity index (χ4v) is 2.22. The second-order valence-corrected chi connectivity index (χ2v) is 4.46. The predicted molar refractivity (Wildman–Crippen MR) is 77.9 cm³/mol. The molecule has 0 amide bonds. The molecule has 0 spiro atoms. The number of benzene rings is 1. The summed E-state index contributed by atoms with van der Waals surface area (Å²) >= 11 is 1.48. The number of carbonyl (C=O) groups is 1. The van der Waals surface area contributed by atoms with Crippen molar-refractivity contribution in [1.29, 1.82) is 0 Å². The number of H-pyrrole nitrogens is 1. The Kier molecular flexibility index (Phi) is 4.21. The van der Waals surface area contributed by atoms with Crippen LogP contribution in [0.15, 0.2) is 18.2 Å². The zero-order valence-electron chi connectivity index (χ0n) is 11.1. The molecule has 0 bridgehead atoms. The van der Waals surface area contributed by atoms with Crippen LogP contribution in [0.25, 0.3) is 10.9 Å². The van der Waals surface area contributed by atoms with Crippen LogP contribution in [0.2, 0.25) is 0 Å². The molecule has 2 aromatic rings. The van der Waals surface area contributed by atoms with Gasteiger partial charge in [-0.2, -0.15) is 0 Å². The van der Waals surface area contributed by atoms with Crippen LogP contribution in [-0.4, -0.2) is 30.9 Å². The lowest BCUT2D eigenvalue weighted by atomic mass is 10.2. The molecule has 19 heavy (non-hydrogen) atoms. The van der Waals surface area contributed by atoms with E-state index in [0.29, 0.717) is 12.3 Å². The van der Waals surface area contributed by atoms with Gasteiger partial charge in [0.1, 0.15) is 11.4 Å². The Bertz CT molecular complexity index is 595. The molecule has 2 N–H and O–H groups in total. The molecule has 0 unspecified atom stereocenters. The van der Waals surface area contributed by atoms with Crippen LogP contribution in [0.4, 0.5) is 5.69 Å². The van der Waals surface area contributed by atoms with Gasteiger partial charge in [0, 0.05) is 23.2 Å². The van der Waals surface area contributed by atoms with E-state index in [2.05, 4.69) is 9.71 Å². The van der Waals surface area contributed by atoms with E-state index < -0.39 is 0 Å². The van der Waals surface area contributed by atoms with E-state index >= 15 is 0 Å². The highest BCUT2D eigenvalue weighted by atomic mass is 32.2. The predicted octanol–water partition coefficient (Wildman–Crippen LogP) is 3.04. The number of fused-ring (bicyclic) bond motifs is 1. The monoisotopic (exact) mass is 280 g/mol. The Hall–Kier alpha value is -1.82. The normalized spacial score (nSPS) is 10.5. The molecular weight excluding hydrogens is 264 g/mol. The SMILES string of the molecule is CCOC(=O)c1cc2cc(NSC)c(OC)cc2[nH]1. The van der Waals surface area contributed by atoms with Gasteiger partial charge in [-0.25, -0.2) is 4.79 Å². The van der Waals surface area contributed by atoms with Gasteiger partial charge >= 0.3 is 5.97 Å². The van der Waals surface area contributed by atoms with Crippen molar-refractivity contribution >= 4 is 34.5 Å². The molecule has 1 aromatic carbocycles. The standard InChI is InChI=1S/C13H16N2O3S/c1-4-18-13(16)11-6-8-5-10(15-19-3)12(17-2)7-9(8)14-11/h5-7,14-15H,4H2,1-3H3. The molecule has 5 nitrogen and oxygen atoms in total. The summed E-state index contributed by atoms with van der Waals surface area (Å²) in [4.78, 5) is 14.7. The third kappa shape index (κ3) is 2.78. The first-order valence-corrected chi connectivity index (χ1v) is 7.09. The molecule has 0 radical (unpaired) electrons. The second kappa shape index (κ2) is 5.88. The summed E-state index contributed by atoms with van der Waals surface area (Å²) in [6, 6.07) is 5.57. The summed E-state index contributed by atoms with van der Waals surface area (Å²) in [6.07, 6.45) is 1.94. The lowest BCUT2D eigenvalue weighted by molar-refractivity contribution is 0.0520. The number of aromatic amines is 1. The largest absolute Gasteiger partial charge is 0.494 e. The van der Waals surface area contributed by atoms with Gasteiger partial charge in [-0.15, -0.1) is 0 Å². The number of hydrogen-bond acceptors (Lipinski definition) is 5. The zero-order valence-corrected chi connectivity index (χ0v) is 11.9. The van der Waals surface area contributed by atoms with Crippen molar-refractivity contribution in [2.24, 2.45) is 0 Å². The van der Waals surface area contributed by atoms with E-state index in [4.69, 9.17) is 9.47 Å². The summed E-state index contributed by atoms with van der Waals surface area (Å²) in [5, 5.41) is 0.931. The third-order valence-electron chi connectivity index (χ3n) is 2.65. The number of methoxy groups -OCH3 is 1. The molecule has 0 saturated heterocycles. The van der Waals surface area contributed by atoms with Gasteiger partial charge in [-0.1, -0.05) is 11.9 Å². The van der Waals surface area contributed by atoms with E-state index in [9.17, 15) is 4.79 Å². The van der Waals surface area contributed by atoms with Gasteiger partial charge in [-0.05, 0) is 19.1 Å². The molecule has 0 atom stereocenters. The molecule has 0 fully saturated rings. The lowest BCUT2D eigenvalue weighted by Gasteiger charge is -2.08. The number of hydrogen-bond donors (Lipinski definition) is 2. The second-order valence-electron chi connectivity index (χ2n) is 3.85. The average Bonchev–Trinajstić information content (AvgIpc) is 2.81. The highest BCUT2D eigenvalue weighted by Gasteiger charge is 2.13. The lowest BCUT2D eigenvalue weighted by Crippen LogP contribution is -2.04. The highest BCUT2D eigenvalue weighted by molar-refractivity contribution is 7.99. The van der Waals surface area contributed by atoms with Crippen LogP contribution in [0.1, 0.15) is 17.4 Å². The Morgan fingerprint density at radius 1 is 1.42 bits per heavy atom. The molecule has 0 aliphatic heterocycles. The maximum atomic E-state index is 11.7. The number of carbonyl (C=O) groups excluding carboxylic acids is 1. The minimum atomic E-state index is -0.350. The smallest absolute Gasteiger partial charge is 0.354 e. The van der Waals surface area contributed by atoms with Gasteiger partial charge in [0.15, 0.2) is 0 Å². The van der Waals surface area contributed by atoms with Crippen molar-refractivity contribution in [3.63, 3.8) is 0 Å². The minimum Gasteiger partial charge on any atom is -0.494 e. The molecule has 6 heteroatoms. The van der Waals surface area contributed by atoms with Crippen molar-refractivity contribution in [3.8, 4) is 5.75 Å². The molecule has 2 rings (SSSR count). The Morgan fingerprint density at radius 3 is 2.84 bits per heavy atom. The van der Waals surface area contributed by atoms with Gasteiger partial charge in [0.25, 0.3) is 0 Å². The summed E-state index contributed by atoms with van der Waals surface area (Å²) in [7, 11) is 1.61. The van der Waals surface area contributed by atoms with Crippen LogP contribution in [-0.2, 0) is 4.74 Å². The first-order valence-electron chi connectivity index (χ1n) is 5.86. The third-order valence-corrected chi connectivity index (χ3v) is 3.07. The van der Waals surface area contributed by atoms with Gasteiger partial charge in [0.2, 0.25) is 0 Å². The Balaban J connectivity index is 2.44. The number of esters is 1. The zero-order chi connectivity index (χ0) is 13.8. The summed E-state index contributed by atoms with van der Waals surface area (Å²) in [5.41, 5.74) is 2.16. The molecule has 1 aromatic heterocycles. The summed E-state index contributed by atoms with van der Waals surface area (Å²) in [5.74, 6) is 0.371. The van der Waals surface area contributed by atoms with Crippen molar-refractivity contribution in [2.75, 3.05) is 24.7 Å². The van der Waals surface area contributed by atoms with Crippen LogP contribution in [0.3, 0.4) is 0 Å². The molecule has 102 valence electrons. The average molecular weight is 280 g/mol. The molecule has 0 aliphatic rings. The van der Waals surface area contributed by atoms with Crippen molar-refractivity contribution in [1.82, 2.24) is 4.98 Å². The van der Waals surface area contributed by atoms with Crippen LogP contribution >= 0.6 is 11.9 Å². The highest BCUT2D eigenvalue weighted by Crippen LogP contribution is 2.31. The number of rotatable bonds is 5. The molecule has 0 aliphatic carbocycles. The first kappa shape index (κ1) is 13.6. The minimum absolute atomic E-state index is 0.350. The van der Waals surface area contributed by atoms with Crippen molar-refractivity contribution in [2.45, 2.75) is 6.92 Å². The van der Waals surface area contributed by atoms with E-state index in [-0.39, 0.29) is 5.97 Å². The number of anilines is 1. The number of aromatic nitrogens is 1. The van der Waals surface area contributed by atoms with Gasteiger partial charge < -0.3 is 19.2 Å². The van der Waals surface area contributed by atoms with Crippen LogP contribution < -0.4 is 9.46 Å². The summed E-state index contributed by atoms with van der Waals surface area (Å²) in [6.45, 7) is 2.14. The van der Waals surface area contributed by atoms with Gasteiger partial charge in [-0.3, -0.25) is 0 Å². The van der Waals surface area contributed by atoms with Crippen molar-refractivity contribution < 1.29 is 14.3 Å². The Morgan fingerprint density at radius 2 is 2.21 bits per heavy atom. The first-order chi connectivity index (χ1) is 9.19. The van der Waals surface area contributed by atoms with Gasteiger partial charge in [0.05, 0.1) is 19.4 Å².